The van der Waals surface area contributed by atoms with Crippen LogP contribution in [0.1, 0.15) is 5.56 Å². The Bertz CT molecular complexity index is 835. The molecule has 0 aliphatic rings. The van der Waals surface area contributed by atoms with E-state index >= 15 is 0 Å². The molecule has 0 bridgehead atoms. The third-order valence-corrected chi connectivity index (χ3v) is 4.94. The molecule has 0 heterocycles. The number of hydrogen-bond acceptors (Lipinski definition) is 6. The lowest BCUT2D eigenvalue weighted by atomic mass is 10.2. The van der Waals surface area contributed by atoms with Gasteiger partial charge in [0.15, 0.2) is 0 Å². The summed E-state index contributed by atoms with van der Waals surface area (Å²) in [7, 11) is -3.52. The molecule has 0 saturated heterocycles. The second-order valence-corrected chi connectivity index (χ2v) is 7.25. The molecule has 0 radical (unpaired) electrons. The van der Waals surface area contributed by atoms with Gasteiger partial charge in [-0.05, 0) is 24.3 Å². The molecule has 1 atom stereocenters. The molecule has 0 amide bonds. The molecule has 2 rings (SSSR count). The Morgan fingerprint density at radius 2 is 1.77 bits per heavy atom. The van der Waals surface area contributed by atoms with Crippen LogP contribution in [0.25, 0.3) is 0 Å². The molecule has 0 saturated carbocycles. The Morgan fingerprint density at radius 3 is 2.50 bits per heavy atom. The second-order valence-electron chi connectivity index (χ2n) is 5.49. The lowest BCUT2D eigenvalue weighted by Gasteiger charge is -2.14. The van der Waals surface area contributed by atoms with Gasteiger partial charge in [0.05, 0.1) is 10.5 Å². The normalized spacial score (nSPS) is 12.3. The Balaban J connectivity index is 1.66. The summed E-state index contributed by atoms with van der Waals surface area (Å²) in [5.74, 6) is 0.421. The van der Waals surface area contributed by atoms with Crippen LogP contribution in [0.15, 0.2) is 59.5 Å². The Labute approximate surface area is 153 Å². The minimum absolute atomic E-state index is 0.0292. The fourth-order valence-electron chi connectivity index (χ4n) is 2.16. The average Bonchev–Trinajstić information content (AvgIpc) is 2.67. The van der Waals surface area contributed by atoms with Crippen LogP contribution in [0.5, 0.6) is 5.75 Å². The standard InChI is InChI=1S/C18H21N3O4S/c19-12-15-6-4-5-9-18(15)25-14-16(22)13-20-10-11-21-26(23,24)17-7-2-1-3-8-17/h1-9,16,20-22H,10-11,13-14H2. The molecule has 1 unspecified atom stereocenters. The van der Waals surface area contributed by atoms with Gasteiger partial charge in [0.25, 0.3) is 0 Å². The van der Waals surface area contributed by atoms with E-state index in [1.54, 1.807) is 42.5 Å². The zero-order valence-corrected chi connectivity index (χ0v) is 14.9. The van der Waals surface area contributed by atoms with Crippen molar-refractivity contribution in [2.45, 2.75) is 11.0 Å². The number of nitrogens with zero attached hydrogens (tertiary/aromatic N) is 1. The third kappa shape index (κ3) is 6.13. The number of benzene rings is 2. The van der Waals surface area contributed by atoms with Crippen LogP contribution in [-0.4, -0.2) is 45.9 Å². The minimum Gasteiger partial charge on any atom is -0.489 e. The largest absolute Gasteiger partial charge is 0.489 e. The number of ether oxygens (including phenoxy) is 1. The molecule has 0 aliphatic heterocycles. The minimum atomic E-state index is -3.52. The van der Waals surface area contributed by atoms with Gasteiger partial charge in [-0.1, -0.05) is 30.3 Å². The molecule has 138 valence electrons. The van der Waals surface area contributed by atoms with Crippen LogP contribution in [0.4, 0.5) is 0 Å². The number of rotatable bonds is 10. The first-order valence-electron chi connectivity index (χ1n) is 8.08. The van der Waals surface area contributed by atoms with E-state index in [0.717, 1.165) is 0 Å². The summed E-state index contributed by atoms with van der Waals surface area (Å²) in [4.78, 5) is 0.213. The van der Waals surface area contributed by atoms with Crippen molar-refractivity contribution in [1.82, 2.24) is 10.0 Å². The summed E-state index contributed by atoms with van der Waals surface area (Å²) in [5, 5.41) is 21.8. The van der Waals surface area contributed by atoms with Gasteiger partial charge in [-0.15, -0.1) is 0 Å². The molecular weight excluding hydrogens is 354 g/mol. The molecule has 0 spiro atoms. The van der Waals surface area contributed by atoms with Crippen molar-refractivity contribution < 1.29 is 18.3 Å². The van der Waals surface area contributed by atoms with Crippen LogP contribution in [0.3, 0.4) is 0 Å². The van der Waals surface area contributed by atoms with Crippen molar-refractivity contribution in [2.24, 2.45) is 0 Å². The lowest BCUT2D eigenvalue weighted by molar-refractivity contribution is 0.106. The lowest BCUT2D eigenvalue weighted by Crippen LogP contribution is -2.37. The molecule has 7 nitrogen and oxygen atoms in total. The number of nitrogens with one attached hydrogen (secondary N) is 2. The molecular formula is C18H21N3O4S. The van der Waals surface area contributed by atoms with E-state index in [0.29, 0.717) is 17.9 Å². The highest BCUT2D eigenvalue weighted by Crippen LogP contribution is 2.16. The van der Waals surface area contributed by atoms with Gasteiger partial charge in [-0.2, -0.15) is 5.26 Å². The molecule has 3 N–H and O–H groups in total. The van der Waals surface area contributed by atoms with E-state index in [4.69, 9.17) is 10.00 Å². The smallest absolute Gasteiger partial charge is 0.240 e. The number of nitriles is 1. The van der Waals surface area contributed by atoms with Crippen molar-refractivity contribution in [2.75, 3.05) is 26.2 Å². The summed E-state index contributed by atoms with van der Waals surface area (Å²) in [6.07, 6.45) is -0.785. The number of aliphatic hydroxyl groups is 1. The number of hydrogen-bond donors (Lipinski definition) is 3. The number of para-hydroxylation sites is 1. The Kier molecular flexibility index (Phi) is 7.56. The predicted molar refractivity (Wildman–Crippen MR) is 97.2 cm³/mol. The van der Waals surface area contributed by atoms with Gasteiger partial charge in [-0.25, -0.2) is 13.1 Å². The van der Waals surface area contributed by atoms with E-state index in [-0.39, 0.29) is 24.6 Å². The quantitative estimate of drug-likeness (QED) is 0.531. The maximum Gasteiger partial charge on any atom is 0.240 e. The van der Waals surface area contributed by atoms with Crippen LogP contribution in [0, 0.1) is 11.3 Å². The van der Waals surface area contributed by atoms with E-state index in [2.05, 4.69) is 10.0 Å². The Hall–Kier alpha value is -2.44. The third-order valence-electron chi connectivity index (χ3n) is 3.47. The van der Waals surface area contributed by atoms with E-state index in [1.807, 2.05) is 6.07 Å². The van der Waals surface area contributed by atoms with Crippen LogP contribution in [-0.2, 0) is 10.0 Å². The van der Waals surface area contributed by atoms with Crippen LogP contribution in [0.2, 0.25) is 0 Å². The highest BCUT2D eigenvalue weighted by molar-refractivity contribution is 7.89. The number of aliphatic hydroxyl groups excluding tert-OH is 1. The summed E-state index contributed by atoms with van der Waals surface area (Å²) in [6, 6.07) is 16.9. The second kappa shape index (κ2) is 9.89. The predicted octanol–water partition coefficient (Wildman–Crippen LogP) is 0.866. The van der Waals surface area contributed by atoms with Gasteiger partial charge in [0.2, 0.25) is 10.0 Å². The van der Waals surface area contributed by atoms with Gasteiger partial charge >= 0.3 is 0 Å². The SMILES string of the molecule is N#Cc1ccccc1OCC(O)CNCCNS(=O)(=O)c1ccccc1. The fraction of sp³-hybridized carbons (Fsp3) is 0.278. The highest BCUT2D eigenvalue weighted by Gasteiger charge is 2.12. The first-order valence-corrected chi connectivity index (χ1v) is 9.56. The van der Waals surface area contributed by atoms with E-state index in [1.165, 1.54) is 12.1 Å². The molecule has 0 fully saturated rings. The van der Waals surface area contributed by atoms with Crippen molar-refractivity contribution in [1.29, 1.82) is 5.26 Å². The summed E-state index contributed by atoms with van der Waals surface area (Å²) < 4.78 is 31.9. The first kappa shape index (κ1) is 19.9. The average molecular weight is 375 g/mol. The van der Waals surface area contributed by atoms with Gasteiger partial charge in [0.1, 0.15) is 24.5 Å². The van der Waals surface area contributed by atoms with E-state index < -0.39 is 16.1 Å². The van der Waals surface area contributed by atoms with Gasteiger partial charge < -0.3 is 15.2 Å². The molecule has 0 aliphatic carbocycles. The first-order chi connectivity index (χ1) is 12.5. The van der Waals surface area contributed by atoms with Gasteiger partial charge in [0, 0.05) is 19.6 Å². The van der Waals surface area contributed by atoms with E-state index in [9.17, 15) is 13.5 Å². The van der Waals surface area contributed by atoms with Crippen molar-refractivity contribution in [3.63, 3.8) is 0 Å². The summed E-state index contributed by atoms with van der Waals surface area (Å²) in [6.45, 7) is 0.823. The highest BCUT2D eigenvalue weighted by atomic mass is 32.2. The molecule has 2 aromatic carbocycles. The van der Waals surface area contributed by atoms with Crippen molar-refractivity contribution >= 4 is 10.0 Å². The molecule has 0 aromatic heterocycles. The zero-order valence-electron chi connectivity index (χ0n) is 14.1. The maximum absolute atomic E-state index is 12.0. The van der Waals surface area contributed by atoms with Crippen LogP contribution < -0.4 is 14.8 Å². The topological polar surface area (TPSA) is 111 Å². The zero-order chi connectivity index (χ0) is 18.8. The molecule has 8 heteroatoms. The number of sulfonamides is 1. The van der Waals surface area contributed by atoms with Gasteiger partial charge in [-0.3, -0.25) is 0 Å². The van der Waals surface area contributed by atoms with Crippen molar-refractivity contribution in [3.8, 4) is 11.8 Å². The Morgan fingerprint density at radius 1 is 1.08 bits per heavy atom. The fourth-order valence-corrected chi connectivity index (χ4v) is 3.21. The molecule has 2 aromatic rings. The van der Waals surface area contributed by atoms with Crippen LogP contribution >= 0.6 is 0 Å². The summed E-state index contributed by atoms with van der Waals surface area (Å²) >= 11 is 0. The maximum atomic E-state index is 12.0. The monoisotopic (exact) mass is 375 g/mol. The molecule has 26 heavy (non-hydrogen) atoms. The van der Waals surface area contributed by atoms with Crippen molar-refractivity contribution in [3.05, 3.63) is 60.2 Å². The summed E-state index contributed by atoms with van der Waals surface area (Å²) in [5.41, 5.74) is 0.406.